The number of nitrogens with zero attached hydrogens (tertiary/aromatic N) is 1. The zero-order valence-corrected chi connectivity index (χ0v) is 14.5. The Morgan fingerprint density at radius 1 is 1.33 bits per heavy atom. The van der Waals surface area contributed by atoms with Crippen molar-refractivity contribution in [2.45, 2.75) is 53.1 Å². The van der Waals surface area contributed by atoms with E-state index >= 15 is 0 Å². The van der Waals surface area contributed by atoms with Crippen molar-refractivity contribution in [1.82, 2.24) is 10.2 Å². The monoisotopic (exact) mass is 300 g/mol. The summed E-state index contributed by atoms with van der Waals surface area (Å²) in [6.07, 6.45) is 3.75. The summed E-state index contributed by atoms with van der Waals surface area (Å²) in [5.41, 5.74) is 0.355. The van der Waals surface area contributed by atoms with Crippen LogP contribution >= 0.6 is 0 Å². The fourth-order valence-electron chi connectivity index (χ4n) is 2.95. The Kier molecular flexibility index (Phi) is 8.79. The molecule has 0 aromatic rings. The molecule has 0 saturated carbocycles. The SMILES string of the molecule is CCC(C)(CNCC(C)C)CN1CCC(OCCO)CC1. The second kappa shape index (κ2) is 9.78. The minimum absolute atomic E-state index is 0.135. The summed E-state index contributed by atoms with van der Waals surface area (Å²) in [6, 6.07) is 0. The van der Waals surface area contributed by atoms with Crippen molar-refractivity contribution in [1.29, 1.82) is 0 Å². The Labute approximate surface area is 131 Å². The second-order valence-corrected chi connectivity index (χ2v) is 7.26. The molecule has 126 valence electrons. The van der Waals surface area contributed by atoms with Gasteiger partial charge in [-0.3, -0.25) is 0 Å². The smallest absolute Gasteiger partial charge is 0.0701 e. The van der Waals surface area contributed by atoms with Gasteiger partial charge in [0.1, 0.15) is 0 Å². The van der Waals surface area contributed by atoms with Crippen molar-refractivity contribution in [3.05, 3.63) is 0 Å². The molecule has 4 heteroatoms. The summed E-state index contributed by atoms with van der Waals surface area (Å²) in [7, 11) is 0. The topological polar surface area (TPSA) is 44.7 Å². The maximum absolute atomic E-state index is 8.81. The molecule has 21 heavy (non-hydrogen) atoms. The third kappa shape index (κ3) is 7.59. The predicted molar refractivity (Wildman–Crippen MR) is 88.6 cm³/mol. The van der Waals surface area contributed by atoms with Gasteiger partial charge in [-0.25, -0.2) is 0 Å². The first-order valence-corrected chi connectivity index (χ1v) is 8.64. The van der Waals surface area contributed by atoms with Crippen LogP contribution < -0.4 is 5.32 Å². The van der Waals surface area contributed by atoms with E-state index in [9.17, 15) is 0 Å². The van der Waals surface area contributed by atoms with Gasteiger partial charge in [0.25, 0.3) is 0 Å². The first-order valence-electron chi connectivity index (χ1n) is 8.64. The minimum Gasteiger partial charge on any atom is -0.394 e. The predicted octanol–water partition coefficient (Wildman–Crippen LogP) is 2.12. The highest BCUT2D eigenvalue weighted by atomic mass is 16.5. The number of nitrogens with one attached hydrogen (secondary N) is 1. The molecule has 1 fully saturated rings. The Balaban J connectivity index is 2.30. The van der Waals surface area contributed by atoms with Crippen molar-refractivity contribution < 1.29 is 9.84 Å². The van der Waals surface area contributed by atoms with Crippen LogP contribution in [0, 0.1) is 11.3 Å². The highest BCUT2D eigenvalue weighted by Gasteiger charge is 2.28. The largest absolute Gasteiger partial charge is 0.394 e. The summed E-state index contributed by atoms with van der Waals surface area (Å²) in [4.78, 5) is 2.58. The lowest BCUT2D eigenvalue weighted by Gasteiger charge is -2.39. The van der Waals surface area contributed by atoms with E-state index in [-0.39, 0.29) is 6.61 Å². The molecular formula is C17H36N2O2. The number of likely N-dealkylation sites (tertiary alicyclic amines) is 1. The third-order valence-electron chi connectivity index (χ3n) is 4.54. The second-order valence-electron chi connectivity index (χ2n) is 7.26. The molecule has 0 aromatic heterocycles. The molecule has 0 aliphatic carbocycles. The number of hydrogen-bond donors (Lipinski definition) is 2. The normalized spacial score (nSPS) is 20.9. The third-order valence-corrected chi connectivity index (χ3v) is 4.54. The minimum atomic E-state index is 0.135. The van der Waals surface area contributed by atoms with E-state index < -0.39 is 0 Å². The fourth-order valence-corrected chi connectivity index (χ4v) is 2.95. The Morgan fingerprint density at radius 2 is 2.00 bits per heavy atom. The van der Waals surface area contributed by atoms with Gasteiger partial charge in [-0.15, -0.1) is 0 Å². The number of hydrogen-bond acceptors (Lipinski definition) is 4. The first-order chi connectivity index (χ1) is 9.99. The first kappa shape index (κ1) is 18.9. The van der Waals surface area contributed by atoms with Crippen molar-refractivity contribution in [3.8, 4) is 0 Å². The molecule has 0 radical (unpaired) electrons. The van der Waals surface area contributed by atoms with Crippen LogP contribution in [0.15, 0.2) is 0 Å². The van der Waals surface area contributed by atoms with Crippen molar-refractivity contribution in [2.75, 3.05) is 45.9 Å². The molecule has 4 nitrogen and oxygen atoms in total. The molecule has 0 aromatic carbocycles. The van der Waals surface area contributed by atoms with Gasteiger partial charge in [0.15, 0.2) is 0 Å². The van der Waals surface area contributed by atoms with Gasteiger partial charge in [0, 0.05) is 26.2 Å². The maximum Gasteiger partial charge on any atom is 0.0701 e. The fraction of sp³-hybridized carbons (Fsp3) is 1.00. The Bertz CT molecular complexity index is 266. The number of aliphatic hydroxyl groups excluding tert-OH is 1. The standard InChI is InChI=1S/C17H36N2O2/c1-5-17(4,13-18-12-15(2)3)14-19-8-6-16(7-9-19)21-11-10-20/h15-16,18,20H,5-14H2,1-4H3. The molecule has 1 aliphatic heterocycles. The number of ether oxygens (including phenoxy) is 1. The van der Waals surface area contributed by atoms with Crippen LogP contribution in [0.2, 0.25) is 0 Å². The van der Waals surface area contributed by atoms with Crippen LogP contribution in [-0.4, -0.2) is 62.0 Å². The molecular weight excluding hydrogens is 264 g/mol. The van der Waals surface area contributed by atoms with E-state index in [2.05, 4.69) is 37.9 Å². The van der Waals surface area contributed by atoms with E-state index in [1.54, 1.807) is 0 Å². The lowest BCUT2D eigenvalue weighted by Crippen LogP contribution is -2.46. The van der Waals surface area contributed by atoms with Crippen LogP contribution in [0.4, 0.5) is 0 Å². The quantitative estimate of drug-likeness (QED) is 0.649. The van der Waals surface area contributed by atoms with Gasteiger partial charge in [-0.05, 0) is 37.1 Å². The maximum atomic E-state index is 8.81. The van der Waals surface area contributed by atoms with Crippen LogP contribution in [0.25, 0.3) is 0 Å². The number of piperidine rings is 1. The molecule has 1 heterocycles. The Hall–Kier alpha value is -0.160. The summed E-state index contributed by atoms with van der Waals surface area (Å²) in [6.45, 7) is 15.4. The van der Waals surface area contributed by atoms with Crippen molar-refractivity contribution >= 4 is 0 Å². The number of aliphatic hydroxyl groups is 1. The van der Waals surface area contributed by atoms with Gasteiger partial charge in [-0.2, -0.15) is 0 Å². The van der Waals surface area contributed by atoms with Gasteiger partial charge < -0.3 is 20.1 Å². The highest BCUT2D eigenvalue weighted by Crippen LogP contribution is 2.24. The van der Waals surface area contributed by atoms with Gasteiger partial charge in [0.2, 0.25) is 0 Å². The van der Waals surface area contributed by atoms with E-state index in [0.717, 1.165) is 39.0 Å². The summed E-state index contributed by atoms with van der Waals surface area (Å²) < 4.78 is 5.64. The molecule has 1 atom stereocenters. The van der Waals surface area contributed by atoms with Gasteiger partial charge in [0.05, 0.1) is 19.3 Å². The van der Waals surface area contributed by atoms with Crippen LogP contribution in [0.1, 0.15) is 47.0 Å². The summed E-state index contributed by atoms with van der Waals surface area (Å²) in [5.74, 6) is 0.713. The Morgan fingerprint density at radius 3 is 2.52 bits per heavy atom. The zero-order valence-electron chi connectivity index (χ0n) is 14.5. The molecule has 1 unspecified atom stereocenters. The van der Waals surface area contributed by atoms with Crippen molar-refractivity contribution in [2.24, 2.45) is 11.3 Å². The van der Waals surface area contributed by atoms with Crippen LogP contribution in [-0.2, 0) is 4.74 Å². The zero-order chi connectivity index (χ0) is 15.7. The summed E-state index contributed by atoms with van der Waals surface area (Å²) in [5, 5.41) is 12.4. The highest BCUT2D eigenvalue weighted by molar-refractivity contribution is 4.82. The molecule has 1 saturated heterocycles. The average Bonchev–Trinajstić information content (AvgIpc) is 2.46. The van der Waals surface area contributed by atoms with Gasteiger partial charge in [-0.1, -0.05) is 27.7 Å². The molecule has 2 N–H and O–H groups in total. The molecule has 1 rings (SSSR count). The van der Waals surface area contributed by atoms with E-state index in [4.69, 9.17) is 9.84 Å². The van der Waals surface area contributed by atoms with Crippen LogP contribution in [0.3, 0.4) is 0 Å². The van der Waals surface area contributed by atoms with Crippen LogP contribution in [0.5, 0.6) is 0 Å². The van der Waals surface area contributed by atoms with E-state index in [0.29, 0.717) is 24.0 Å². The molecule has 1 aliphatic rings. The molecule has 0 amide bonds. The molecule has 0 spiro atoms. The van der Waals surface area contributed by atoms with E-state index in [1.165, 1.54) is 13.0 Å². The lowest BCUT2D eigenvalue weighted by atomic mass is 9.86. The average molecular weight is 300 g/mol. The number of rotatable bonds is 10. The van der Waals surface area contributed by atoms with Gasteiger partial charge >= 0.3 is 0 Å². The van der Waals surface area contributed by atoms with E-state index in [1.807, 2.05) is 0 Å². The molecule has 0 bridgehead atoms. The summed E-state index contributed by atoms with van der Waals surface area (Å²) >= 11 is 0. The lowest BCUT2D eigenvalue weighted by molar-refractivity contribution is -0.0141. The van der Waals surface area contributed by atoms with Crippen molar-refractivity contribution in [3.63, 3.8) is 0 Å².